The van der Waals surface area contributed by atoms with Gasteiger partial charge in [0.2, 0.25) is 5.75 Å². The molecule has 0 aliphatic heterocycles. The molecule has 3 aromatic heterocycles. The Bertz CT molecular complexity index is 1430. The zero-order valence-electron chi connectivity index (χ0n) is 19.5. The highest BCUT2D eigenvalue weighted by atomic mass is 79.9. The maximum Gasteiger partial charge on any atom is 0.406 e. The molecule has 11 nitrogen and oxygen atoms in total. The van der Waals surface area contributed by atoms with Crippen LogP contribution >= 0.6 is 15.9 Å². The van der Waals surface area contributed by atoms with E-state index in [0.717, 1.165) is 12.2 Å². The number of ether oxygens (including phenoxy) is 1. The van der Waals surface area contributed by atoms with Crippen molar-refractivity contribution in [3.05, 3.63) is 74.0 Å². The fourth-order valence-electron chi connectivity index (χ4n) is 4.00. The molecule has 13 heteroatoms. The van der Waals surface area contributed by atoms with Crippen LogP contribution in [0.3, 0.4) is 0 Å². The molecule has 0 bridgehead atoms. The molecule has 3 heterocycles. The van der Waals surface area contributed by atoms with Crippen LogP contribution in [0.4, 0.5) is 10.2 Å². The van der Waals surface area contributed by atoms with Crippen molar-refractivity contribution >= 4 is 21.7 Å². The molecular weight excluding hydrogens is 535 g/mol. The first-order valence-corrected chi connectivity index (χ1v) is 12.1. The minimum absolute atomic E-state index is 0.0382. The minimum atomic E-state index is -0.764. The van der Waals surface area contributed by atoms with Crippen LogP contribution in [-0.4, -0.2) is 39.9 Å². The van der Waals surface area contributed by atoms with Crippen LogP contribution in [0.25, 0.3) is 11.3 Å². The highest BCUT2D eigenvalue weighted by molar-refractivity contribution is 9.10. The highest BCUT2D eigenvalue weighted by Gasteiger charge is 2.25. The van der Waals surface area contributed by atoms with E-state index in [-0.39, 0.29) is 5.75 Å². The molecule has 1 saturated carbocycles. The molecule has 0 saturated heterocycles. The Morgan fingerprint density at radius 3 is 2.86 bits per heavy atom. The maximum atomic E-state index is 14.4. The van der Waals surface area contributed by atoms with Crippen molar-refractivity contribution in [3.63, 3.8) is 0 Å². The van der Waals surface area contributed by atoms with Crippen LogP contribution in [0.15, 0.2) is 41.1 Å². The van der Waals surface area contributed by atoms with Gasteiger partial charge in [0.25, 0.3) is 0 Å². The Kier molecular flexibility index (Phi) is 6.48. The number of hydrogen-bond acceptors (Lipinski definition) is 8. The molecule has 1 aromatic carbocycles. The average Bonchev–Trinajstić information content (AvgIpc) is 3.41. The Morgan fingerprint density at radius 2 is 2.11 bits per heavy atom. The second-order valence-corrected chi connectivity index (χ2v) is 9.68. The van der Waals surface area contributed by atoms with Crippen LogP contribution in [0.1, 0.15) is 42.8 Å². The molecular formula is C23H22BrFN8O3. The zero-order chi connectivity index (χ0) is 25.4. The fraction of sp³-hybridized carbons (Fsp3) is 0.348. The number of aromatic nitrogens is 7. The summed E-state index contributed by atoms with van der Waals surface area (Å²) in [6.07, 6.45) is 5.29. The smallest absolute Gasteiger partial charge is 0.406 e. The van der Waals surface area contributed by atoms with E-state index in [9.17, 15) is 14.5 Å². The molecule has 0 spiro atoms. The van der Waals surface area contributed by atoms with Gasteiger partial charge in [-0.05, 0) is 69.7 Å². The summed E-state index contributed by atoms with van der Waals surface area (Å²) < 4.78 is 22.6. The predicted octanol–water partition coefficient (Wildman–Crippen LogP) is 4.42. The van der Waals surface area contributed by atoms with Gasteiger partial charge in [-0.3, -0.25) is 4.68 Å². The van der Waals surface area contributed by atoms with Crippen LogP contribution < -0.4 is 4.74 Å². The van der Waals surface area contributed by atoms with Crippen LogP contribution in [0.2, 0.25) is 0 Å². The molecule has 186 valence electrons. The second-order valence-electron chi connectivity index (χ2n) is 8.76. The number of nitrogens with zero attached hydrogens (tertiary/aromatic N) is 8. The van der Waals surface area contributed by atoms with Gasteiger partial charge in [-0.25, -0.2) is 4.39 Å². The quantitative estimate of drug-likeness (QED) is 0.219. The summed E-state index contributed by atoms with van der Waals surface area (Å²) in [5.74, 6) is -0.271. The lowest BCUT2D eigenvalue weighted by Gasteiger charge is -2.18. The van der Waals surface area contributed by atoms with Crippen molar-refractivity contribution in [1.29, 1.82) is 0 Å². The molecule has 4 aromatic rings. The number of rotatable bonds is 9. The Hall–Kier alpha value is -3.74. The standard InChI is InChI=1S/C23H22BrFN8O3/c1-13(36-21-7-15(24)10-26-23(21)33(34)35)19-8-16(25)5-6-18(19)22-20(28-31(2)29-22)9-17-12-32(30-27-17)11-14-3-4-14/h5-8,10,12-14H,3-4,9,11H2,1-2H3/t13-/m0/s1. The molecule has 0 amide bonds. The second kappa shape index (κ2) is 9.72. The summed E-state index contributed by atoms with van der Waals surface area (Å²) in [6, 6.07) is 5.73. The highest BCUT2D eigenvalue weighted by Crippen LogP contribution is 2.36. The van der Waals surface area contributed by atoms with Crippen LogP contribution in [0, 0.1) is 21.8 Å². The van der Waals surface area contributed by atoms with Crippen molar-refractivity contribution in [2.24, 2.45) is 13.0 Å². The van der Waals surface area contributed by atoms with E-state index in [1.807, 2.05) is 10.9 Å². The predicted molar refractivity (Wildman–Crippen MR) is 130 cm³/mol. The number of pyridine rings is 1. The summed E-state index contributed by atoms with van der Waals surface area (Å²) in [4.78, 5) is 16.1. The largest absolute Gasteiger partial charge is 0.478 e. The molecule has 1 fully saturated rings. The number of nitro groups is 1. The van der Waals surface area contributed by atoms with Gasteiger partial charge in [-0.1, -0.05) is 5.21 Å². The van der Waals surface area contributed by atoms with E-state index in [0.29, 0.717) is 39.3 Å². The lowest BCUT2D eigenvalue weighted by Crippen LogP contribution is -2.08. The maximum absolute atomic E-state index is 14.4. The summed E-state index contributed by atoms with van der Waals surface area (Å²) in [5, 5.41) is 29.0. The van der Waals surface area contributed by atoms with Gasteiger partial charge in [-0.2, -0.15) is 15.0 Å². The molecule has 0 unspecified atom stereocenters. The van der Waals surface area contributed by atoms with E-state index >= 15 is 0 Å². The molecule has 5 rings (SSSR count). The third kappa shape index (κ3) is 5.25. The van der Waals surface area contributed by atoms with Crippen molar-refractivity contribution in [2.45, 2.75) is 38.8 Å². The van der Waals surface area contributed by atoms with E-state index in [1.54, 1.807) is 20.0 Å². The van der Waals surface area contributed by atoms with E-state index in [4.69, 9.17) is 4.74 Å². The van der Waals surface area contributed by atoms with Crippen molar-refractivity contribution in [3.8, 4) is 17.0 Å². The average molecular weight is 557 g/mol. The van der Waals surface area contributed by atoms with Crippen molar-refractivity contribution in [1.82, 2.24) is 35.0 Å². The molecule has 1 atom stereocenters. The van der Waals surface area contributed by atoms with Gasteiger partial charge < -0.3 is 14.9 Å². The normalized spacial score (nSPS) is 14.1. The first kappa shape index (κ1) is 24.0. The van der Waals surface area contributed by atoms with Gasteiger partial charge in [-0.15, -0.1) is 5.10 Å². The summed E-state index contributed by atoms with van der Waals surface area (Å²) >= 11 is 3.26. The van der Waals surface area contributed by atoms with E-state index in [2.05, 4.69) is 41.4 Å². The summed E-state index contributed by atoms with van der Waals surface area (Å²) in [5.41, 5.74) is 3.00. The fourth-order valence-corrected chi connectivity index (χ4v) is 4.31. The van der Waals surface area contributed by atoms with Gasteiger partial charge >= 0.3 is 5.82 Å². The number of halogens is 2. The third-order valence-corrected chi connectivity index (χ3v) is 6.28. The molecule has 0 N–H and O–H groups in total. The molecule has 1 aliphatic carbocycles. The van der Waals surface area contributed by atoms with Gasteiger partial charge in [0, 0.05) is 43.4 Å². The molecule has 0 radical (unpaired) electrons. The van der Waals surface area contributed by atoms with Crippen LogP contribution in [-0.2, 0) is 20.0 Å². The Morgan fingerprint density at radius 1 is 1.31 bits per heavy atom. The number of benzene rings is 1. The minimum Gasteiger partial charge on any atom is -0.478 e. The van der Waals surface area contributed by atoms with Gasteiger partial charge in [0.05, 0.1) is 15.9 Å². The first-order valence-electron chi connectivity index (χ1n) is 11.3. The monoisotopic (exact) mass is 556 g/mol. The molecule has 36 heavy (non-hydrogen) atoms. The first-order chi connectivity index (χ1) is 17.3. The third-order valence-electron chi connectivity index (χ3n) is 5.84. The van der Waals surface area contributed by atoms with Gasteiger partial charge in [0.1, 0.15) is 17.6 Å². The lowest BCUT2D eigenvalue weighted by molar-refractivity contribution is -0.390. The number of hydrogen-bond donors (Lipinski definition) is 0. The zero-order valence-corrected chi connectivity index (χ0v) is 21.1. The Labute approximate surface area is 213 Å². The Balaban J connectivity index is 1.47. The lowest BCUT2D eigenvalue weighted by atomic mass is 9.98. The summed E-state index contributed by atoms with van der Waals surface area (Å²) in [7, 11) is 1.70. The molecule has 1 aliphatic rings. The number of aryl methyl sites for hydroxylation is 1. The topological polar surface area (TPSA) is 127 Å². The van der Waals surface area contributed by atoms with E-state index < -0.39 is 22.7 Å². The summed E-state index contributed by atoms with van der Waals surface area (Å²) in [6.45, 7) is 2.54. The van der Waals surface area contributed by atoms with Crippen molar-refractivity contribution < 1.29 is 14.1 Å². The van der Waals surface area contributed by atoms with Gasteiger partial charge in [0.15, 0.2) is 6.20 Å². The van der Waals surface area contributed by atoms with Crippen LogP contribution in [0.5, 0.6) is 5.75 Å². The van der Waals surface area contributed by atoms with E-state index in [1.165, 1.54) is 42.0 Å². The van der Waals surface area contributed by atoms with Crippen molar-refractivity contribution in [2.75, 3.05) is 0 Å². The SMILES string of the molecule is C[C@H](Oc1cc(Br)cnc1[N+](=O)[O-])c1cc(F)ccc1-c1nn(C)nc1Cc1cn(CC2CC2)nn1.